The van der Waals surface area contributed by atoms with Crippen molar-refractivity contribution in [3.05, 3.63) is 40.6 Å². The number of rotatable bonds is 2. The van der Waals surface area contributed by atoms with Gasteiger partial charge in [0.1, 0.15) is 16.4 Å². The van der Waals surface area contributed by atoms with E-state index in [2.05, 4.69) is 9.73 Å². The summed E-state index contributed by atoms with van der Waals surface area (Å²) in [6.07, 6.45) is 0. The van der Waals surface area contributed by atoms with E-state index in [1.807, 2.05) is 0 Å². The van der Waals surface area contributed by atoms with E-state index in [1.165, 1.54) is 18.9 Å². The third kappa shape index (κ3) is 2.68. The first-order valence-corrected chi connectivity index (χ1v) is 6.46. The Morgan fingerprint density at radius 2 is 2.11 bits per heavy atom. The molecule has 2 rings (SSSR count). The number of benzene rings is 1. The Hall–Kier alpha value is -1.46. The second kappa shape index (κ2) is 5.46. The van der Waals surface area contributed by atoms with Crippen molar-refractivity contribution in [2.45, 2.75) is 0 Å². The second-order valence-electron chi connectivity index (χ2n) is 3.50. The molecule has 94 valence electrons. The van der Waals surface area contributed by atoms with Crippen LogP contribution in [0, 0.1) is 0 Å². The number of hydrogen-bond acceptors (Lipinski definition) is 5. The van der Waals surface area contributed by atoms with Crippen LogP contribution in [-0.4, -0.2) is 29.0 Å². The van der Waals surface area contributed by atoms with Gasteiger partial charge in [-0.25, -0.2) is 9.79 Å². The molecule has 0 bridgehead atoms. The Balaban J connectivity index is 2.33. The molecule has 0 fully saturated rings. The molecule has 0 aromatic heterocycles. The van der Waals surface area contributed by atoms with Crippen molar-refractivity contribution < 1.29 is 14.6 Å². The van der Waals surface area contributed by atoms with E-state index in [9.17, 15) is 9.90 Å². The van der Waals surface area contributed by atoms with Gasteiger partial charge in [0.05, 0.1) is 18.6 Å². The number of aliphatic imine (C=N–C) groups is 1. The van der Waals surface area contributed by atoms with Gasteiger partial charge >= 0.3 is 5.97 Å². The molecule has 18 heavy (non-hydrogen) atoms. The maximum Gasteiger partial charge on any atom is 0.344 e. The molecule has 1 N–H and O–H groups in total. The van der Waals surface area contributed by atoms with Crippen molar-refractivity contribution in [1.29, 1.82) is 0 Å². The molecule has 0 atom stereocenters. The van der Waals surface area contributed by atoms with Gasteiger partial charge in [-0.05, 0) is 24.3 Å². The minimum atomic E-state index is -0.579. The van der Waals surface area contributed by atoms with Crippen molar-refractivity contribution in [2.24, 2.45) is 4.99 Å². The molecule has 1 aromatic rings. The Morgan fingerprint density at radius 1 is 1.44 bits per heavy atom. The lowest BCUT2D eigenvalue weighted by atomic mass is 10.2. The topological polar surface area (TPSA) is 58.9 Å². The number of halogens is 1. The molecule has 0 saturated carbocycles. The lowest BCUT2D eigenvalue weighted by Crippen LogP contribution is -2.10. The molecule has 0 amide bonds. The number of carbonyl (C=O) groups is 1. The van der Waals surface area contributed by atoms with Gasteiger partial charge < -0.3 is 9.84 Å². The molecule has 0 radical (unpaired) electrons. The average molecular weight is 284 g/mol. The van der Waals surface area contributed by atoms with Gasteiger partial charge in [0.15, 0.2) is 0 Å². The quantitative estimate of drug-likeness (QED) is 0.847. The van der Waals surface area contributed by atoms with Crippen LogP contribution < -0.4 is 0 Å². The Labute approximate surface area is 113 Å². The Morgan fingerprint density at radius 3 is 2.72 bits per heavy atom. The van der Waals surface area contributed by atoms with Crippen LogP contribution in [0.25, 0.3) is 0 Å². The normalized spacial score (nSPS) is 17.3. The van der Waals surface area contributed by atoms with Gasteiger partial charge in [-0.1, -0.05) is 23.4 Å². The van der Waals surface area contributed by atoms with Crippen molar-refractivity contribution in [2.75, 3.05) is 12.9 Å². The fraction of sp³-hybridized carbons (Fsp3) is 0.167. The first kappa shape index (κ1) is 13.0. The number of esters is 1. The van der Waals surface area contributed by atoms with Crippen molar-refractivity contribution >= 4 is 40.1 Å². The van der Waals surface area contributed by atoms with Gasteiger partial charge in [-0.2, -0.15) is 0 Å². The van der Waals surface area contributed by atoms with Crippen LogP contribution in [0.5, 0.6) is 0 Å². The molecule has 0 saturated heterocycles. The minimum Gasteiger partial charge on any atom is -0.510 e. The highest BCUT2D eigenvalue weighted by Crippen LogP contribution is 2.30. The average Bonchev–Trinajstić information content (AvgIpc) is 2.72. The van der Waals surface area contributed by atoms with Crippen LogP contribution in [-0.2, 0) is 9.53 Å². The molecule has 0 spiro atoms. The smallest absolute Gasteiger partial charge is 0.344 e. The van der Waals surface area contributed by atoms with Crippen LogP contribution in [0.4, 0.5) is 5.69 Å². The molecular formula is C12H10ClNO3S. The summed E-state index contributed by atoms with van der Waals surface area (Å²) in [7, 11) is 1.27. The van der Waals surface area contributed by atoms with Gasteiger partial charge in [0.2, 0.25) is 0 Å². The van der Waals surface area contributed by atoms with Crippen LogP contribution in [0.15, 0.2) is 40.6 Å². The summed E-state index contributed by atoms with van der Waals surface area (Å²) in [5.74, 6) is -0.249. The van der Waals surface area contributed by atoms with E-state index in [1.54, 1.807) is 24.3 Å². The zero-order chi connectivity index (χ0) is 13.1. The first-order chi connectivity index (χ1) is 8.61. The number of thioether (sulfide) groups is 1. The maximum absolute atomic E-state index is 11.5. The molecule has 1 aliphatic heterocycles. The van der Waals surface area contributed by atoms with Gasteiger partial charge in [-0.3, -0.25) is 0 Å². The molecule has 6 heteroatoms. The zero-order valence-electron chi connectivity index (χ0n) is 9.51. The predicted octanol–water partition coefficient (Wildman–Crippen LogP) is 3.10. The summed E-state index contributed by atoms with van der Waals surface area (Å²) >= 11 is 7.07. The number of carbonyl (C=O) groups excluding carboxylic acids is 1. The molecule has 1 aliphatic rings. The lowest BCUT2D eigenvalue weighted by molar-refractivity contribution is -0.135. The lowest BCUT2D eigenvalue weighted by Gasteiger charge is -2.02. The Kier molecular flexibility index (Phi) is 3.93. The number of methoxy groups -OCH3 is 1. The summed E-state index contributed by atoms with van der Waals surface area (Å²) in [4.78, 5) is 15.8. The Bertz CT molecular complexity index is 537. The van der Waals surface area contributed by atoms with Crippen molar-refractivity contribution in [1.82, 2.24) is 0 Å². The van der Waals surface area contributed by atoms with Crippen LogP contribution in [0.3, 0.4) is 0 Å². The third-order valence-electron chi connectivity index (χ3n) is 2.29. The molecule has 0 aliphatic carbocycles. The molecule has 4 nitrogen and oxygen atoms in total. The number of aliphatic hydroxyl groups is 1. The fourth-order valence-corrected chi connectivity index (χ4v) is 2.49. The van der Waals surface area contributed by atoms with Crippen LogP contribution >= 0.6 is 23.4 Å². The standard InChI is InChI=1S/C12H10ClNO3S/c1-17-12(16)10-9(15)6-18-11(10)14-8-4-2-7(13)3-5-8/h2-5,15H,6H2,1H3. The van der Waals surface area contributed by atoms with Gasteiger partial charge in [0, 0.05) is 5.02 Å². The third-order valence-corrected chi connectivity index (χ3v) is 3.53. The zero-order valence-corrected chi connectivity index (χ0v) is 11.1. The van der Waals surface area contributed by atoms with E-state index in [0.29, 0.717) is 21.5 Å². The minimum absolute atomic E-state index is 0.000404. The van der Waals surface area contributed by atoms with E-state index >= 15 is 0 Å². The van der Waals surface area contributed by atoms with Crippen molar-refractivity contribution in [3.63, 3.8) is 0 Å². The summed E-state index contributed by atoms with van der Waals surface area (Å²) in [6, 6.07) is 6.89. The first-order valence-electron chi connectivity index (χ1n) is 5.09. The maximum atomic E-state index is 11.5. The van der Waals surface area contributed by atoms with E-state index < -0.39 is 5.97 Å². The van der Waals surface area contributed by atoms with Crippen LogP contribution in [0.1, 0.15) is 0 Å². The predicted molar refractivity (Wildman–Crippen MR) is 72.7 cm³/mol. The van der Waals surface area contributed by atoms with Gasteiger partial charge in [-0.15, -0.1) is 0 Å². The van der Waals surface area contributed by atoms with Crippen molar-refractivity contribution in [3.8, 4) is 0 Å². The van der Waals surface area contributed by atoms with E-state index in [0.717, 1.165) is 0 Å². The number of aliphatic hydroxyl groups excluding tert-OH is 1. The summed E-state index contributed by atoms with van der Waals surface area (Å²) in [5.41, 5.74) is 0.801. The largest absolute Gasteiger partial charge is 0.510 e. The summed E-state index contributed by atoms with van der Waals surface area (Å²) < 4.78 is 4.62. The second-order valence-corrected chi connectivity index (χ2v) is 4.90. The van der Waals surface area contributed by atoms with Crippen LogP contribution in [0.2, 0.25) is 5.02 Å². The molecule has 1 aromatic carbocycles. The fourth-order valence-electron chi connectivity index (χ4n) is 1.43. The summed E-state index contributed by atoms with van der Waals surface area (Å²) in [5, 5.41) is 10.7. The number of nitrogens with zero attached hydrogens (tertiary/aromatic N) is 1. The van der Waals surface area contributed by atoms with E-state index in [4.69, 9.17) is 11.6 Å². The SMILES string of the molecule is COC(=O)C1=C(O)CSC1=Nc1ccc(Cl)cc1. The molecular weight excluding hydrogens is 274 g/mol. The summed E-state index contributed by atoms with van der Waals surface area (Å²) in [6.45, 7) is 0. The monoisotopic (exact) mass is 283 g/mol. The number of ether oxygens (including phenoxy) is 1. The highest BCUT2D eigenvalue weighted by Gasteiger charge is 2.28. The molecule has 1 heterocycles. The molecule has 0 unspecified atom stereocenters. The highest BCUT2D eigenvalue weighted by molar-refractivity contribution is 8.15. The van der Waals surface area contributed by atoms with E-state index in [-0.39, 0.29) is 11.3 Å². The van der Waals surface area contributed by atoms with Gasteiger partial charge in [0.25, 0.3) is 0 Å². The highest BCUT2D eigenvalue weighted by atomic mass is 35.5. The number of hydrogen-bond donors (Lipinski definition) is 1.